The molecule has 2 aliphatic rings. The summed E-state index contributed by atoms with van der Waals surface area (Å²) in [5.74, 6) is 2.35. The van der Waals surface area contributed by atoms with Crippen molar-refractivity contribution in [2.24, 2.45) is 23.7 Å². The van der Waals surface area contributed by atoms with Gasteiger partial charge in [0.25, 0.3) is 0 Å². The minimum atomic E-state index is -0.974. The number of fused-ring (bicyclic) bond motifs is 1. The number of carboxylic acids is 1. The molecule has 0 aromatic rings. The molecule has 4 heteroatoms. The Bertz CT molecular complexity index is 465. The fourth-order valence-corrected chi connectivity index (χ4v) is 5.68. The molecular formula is C24H43NO3. The summed E-state index contributed by atoms with van der Waals surface area (Å²) in [5.41, 5.74) is 0. The number of amides is 1. The summed E-state index contributed by atoms with van der Waals surface area (Å²) in [4.78, 5) is 22.3. The van der Waals surface area contributed by atoms with Crippen LogP contribution in [0.5, 0.6) is 0 Å². The van der Waals surface area contributed by atoms with Gasteiger partial charge in [0, 0.05) is 6.42 Å². The molecule has 2 saturated carbocycles. The summed E-state index contributed by atoms with van der Waals surface area (Å²) in [7, 11) is 0. The van der Waals surface area contributed by atoms with Crippen molar-refractivity contribution in [1.82, 2.24) is 5.32 Å². The third-order valence-electron chi connectivity index (χ3n) is 7.37. The molecule has 0 saturated heterocycles. The number of nitrogens with one attached hydrogen (secondary N) is 1. The van der Waals surface area contributed by atoms with E-state index in [1.807, 2.05) is 0 Å². The van der Waals surface area contributed by atoms with E-state index in [0.29, 0.717) is 6.42 Å². The zero-order chi connectivity index (χ0) is 20.2. The fourth-order valence-electron chi connectivity index (χ4n) is 5.68. The monoisotopic (exact) mass is 393 g/mol. The maximum atomic E-state index is 11.7. The summed E-state index contributed by atoms with van der Waals surface area (Å²) in [6.45, 7) is 2.24. The molecule has 0 aliphatic heterocycles. The van der Waals surface area contributed by atoms with Crippen LogP contribution in [0.2, 0.25) is 0 Å². The fraction of sp³-hybridized carbons (Fsp3) is 0.917. The maximum Gasteiger partial charge on any atom is 0.322 e. The van der Waals surface area contributed by atoms with Gasteiger partial charge in [-0.1, -0.05) is 84.0 Å². The maximum absolute atomic E-state index is 11.7. The highest BCUT2D eigenvalue weighted by molar-refractivity contribution is 5.80. The Labute approximate surface area is 172 Å². The predicted molar refractivity (Wildman–Crippen MR) is 114 cm³/mol. The van der Waals surface area contributed by atoms with Gasteiger partial charge in [0.15, 0.2) is 0 Å². The molecule has 0 heterocycles. The van der Waals surface area contributed by atoms with Gasteiger partial charge in [-0.2, -0.15) is 0 Å². The van der Waals surface area contributed by atoms with Crippen LogP contribution in [0.25, 0.3) is 0 Å². The van der Waals surface area contributed by atoms with Crippen LogP contribution < -0.4 is 5.32 Å². The van der Waals surface area contributed by atoms with Crippen LogP contribution >= 0.6 is 0 Å². The molecule has 28 heavy (non-hydrogen) atoms. The van der Waals surface area contributed by atoms with Crippen LogP contribution in [0.3, 0.4) is 0 Å². The van der Waals surface area contributed by atoms with E-state index in [9.17, 15) is 9.59 Å². The number of hydrogen-bond donors (Lipinski definition) is 2. The Balaban J connectivity index is 1.80. The Morgan fingerprint density at radius 2 is 1.54 bits per heavy atom. The van der Waals surface area contributed by atoms with E-state index in [0.717, 1.165) is 36.5 Å². The van der Waals surface area contributed by atoms with Gasteiger partial charge in [0.2, 0.25) is 5.91 Å². The van der Waals surface area contributed by atoms with E-state index in [1.165, 1.54) is 83.5 Å². The summed E-state index contributed by atoms with van der Waals surface area (Å²) in [6, 6.07) is 0. The number of carbonyl (C=O) groups is 2. The zero-order valence-corrected chi connectivity index (χ0v) is 18.1. The smallest absolute Gasteiger partial charge is 0.322 e. The number of aliphatic carboxylic acids is 1. The largest absolute Gasteiger partial charge is 0.480 e. The molecule has 0 spiro atoms. The van der Waals surface area contributed by atoms with Crippen molar-refractivity contribution in [2.45, 2.75) is 110 Å². The first-order chi connectivity index (χ1) is 13.6. The average molecular weight is 394 g/mol. The van der Waals surface area contributed by atoms with Gasteiger partial charge in [-0.05, 0) is 42.9 Å². The molecule has 1 amide bonds. The molecule has 0 aromatic heterocycles. The van der Waals surface area contributed by atoms with Gasteiger partial charge in [0.05, 0.1) is 0 Å². The Morgan fingerprint density at radius 3 is 2.29 bits per heavy atom. The molecular weight excluding hydrogens is 350 g/mol. The van der Waals surface area contributed by atoms with Gasteiger partial charge in [-0.25, -0.2) is 0 Å². The Hall–Kier alpha value is -1.06. The predicted octanol–water partition coefficient (Wildman–Crippen LogP) is 5.94. The Morgan fingerprint density at radius 1 is 0.857 bits per heavy atom. The number of rotatable bonds is 6. The molecule has 162 valence electrons. The Kier molecular flexibility index (Phi) is 11.0. The third kappa shape index (κ3) is 8.96. The van der Waals surface area contributed by atoms with Crippen LogP contribution in [0.4, 0.5) is 0 Å². The van der Waals surface area contributed by atoms with E-state index in [4.69, 9.17) is 5.11 Å². The standard InChI is InChI=1S/C24H43NO3/c1-19-16-17-20(11-9-15-23(26)25-18-24(27)28)10-8-13-21-12-6-4-2-3-5-7-14-22(19)21/h19-22H,2-18H2,1H3,(H,25,26)(H,27,28). The second-order valence-corrected chi connectivity index (χ2v) is 9.54. The lowest BCUT2D eigenvalue weighted by atomic mass is 9.73. The molecule has 2 rings (SSSR count). The molecule has 4 atom stereocenters. The van der Waals surface area contributed by atoms with Crippen molar-refractivity contribution in [3.8, 4) is 0 Å². The molecule has 2 N–H and O–H groups in total. The van der Waals surface area contributed by atoms with Crippen molar-refractivity contribution in [2.75, 3.05) is 6.54 Å². The summed E-state index contributed by atoms with van der Waals surface area (Å²) in [6.07, 6.45) is 20.7. The SMILES string of the molecule is CC1CCC(CCCC(=O)NCC(=O)O)CCCC2CCCCCCCCC12. The quantitative estimate of drug-likeness (QED) is 0.587. The van der Waals surface area contributed by atoms with Crippen molar-refractivity contribution >= 4 is 11.9 Å². The van der Waals surface area contributed by atoms with Crippen LogP contribution in [0.15, 0.2) is 0 Å². The number of carbonyl (C=O) groups excluding carboxylic acids is 1. The number of hydrogen-bond acceptors (Lipinski definition) is 2. The lowest BCUT2D eigenvalue weighted by Gasteiger charge is -2.32. The lowest BCUT2D eigenvalue weighted by molar-refractivity contribution is -0.137. The lowest BCUT2D eigenvalue weighted by Crippen LogP contribution is -2.29. The van der Waals surface area contributed by atoms with Crippen LogP contribution in [0.1, 0.15) is 110 Å². The first-order valence-corrected chi connectivity index (χ1v) is 12.0. The van der Waals surface area contributed by atoms with Gasteiger partial charge >= 0.3 is 5.97 Å². The molecule has 2 fully saturated rings. The minimum absolute atomic E-state index is 0.121. The van der Waals surface area contributed by atoms with Crippen molar-refractivity contribution < 1.29 is 14.7 Å². The number of carboxylic acid groups (broad SMARTS) is 1. The molecule has 4 nitrogen and oxygen atoms in total. The summed E-state index contributed by atoms with van der Waals surface area (Å²) < 4.78 is 0. The first-order valence-electron chi connectivity index (χ1n) is 12.0. The second kappa shape index (κ2) is 13.2. The van der Waals surface area contributed by atoms with E-state index < -0.39 is 5.97 Å². The van der Waals surface area contributed by atoms with Crippen LogP contribution in [-0.2, 0) is 9.59 Å². The normalized spacial score (nSPS) is 30.2. The molecule has 4 unspecified atom stereocenters. The van der Waals surface area contributed by atoms with Crippen LogP contribution in [0, 0.1) is 23.7 Å². The van der Waals surface area contributed by atoms with Gasteiger partial charge < -0.3 is 10.4 Å². The molecule has 0 aromatic carbocycles. The van der Waals surface area contributed by atoms with Crippen molar-refractivity contribution in [3.63, 3.8) is 0 Å². The van der Waals surface area contributed by atoms with Crippen LogP contribution in [-0.4, -0.2) is 23.5 Å². The van der Waals surface area contributed by atoms with E-state index in [1.54, 1.807) is 0 Å². The first kappa shape index (κ1) is 23.2. The van der Waals surface area contributed by atoms with E-state index in [2.05, 4.69) is 12.2 Å². The van der Waals surface area contributed by atoms with E-state index >= 15 is 0 Å². The van der Waals surface area contributed by atoms with Gasteiger partial charge in [-0.15, -0.1) is 0 Å². The van der Waals surface area contributed by atoms with Gasteiger partial charge in [0.1, 0.15) is 6.54 Å². The topological polar surface area (TPSA) is 66.4 Å². The average Bonchev–Trinajstić information content (AvgIpc) is 2.74. The molecule has 0 bridgehead atoms. The van der Waals surface area contributed by atoms with E-state index in [-0.39, 0.29) is 12.5 Å². The van der Waals surface area contributed by atoms with Gasteiger partial charge in [-0.3, -0.25) is 9.59 Å². The summed E-state index contributed by atoms with van der Waals surface area (Å²) >= 11 is 0. The highest BCUT2D eigenvalue weighted by atomic mass is 16.4. The third-order valence-corrected chi connectivity index (χ3v) is 7.37. The zero-order valence-electron chi connectivity index (χ0n) is 18.1. The second-order valence-electron chi connectivity index (χ2n) is 9.54. The highest BCUT2D eigenvalue weighted by Crippen LogP contribution is 2.40. The summed E-state index contributed by atoms with van der Waals surface area (Å²) in [5, 5.41) is 11.1. The molecule has 0 radical (unpaired) electrons. The minimum Gasteiger partial charge on any atom is -0.480 e. The van der Waals surface area contributed by atoms with Crippen molar-refractivity contribution in [1.29, 1.82) is 0 Å². The molecule has 2 aliphatic carbocycles. The van der Waals surface area contributed by atoms with Crippen molar-refractivity contribution in [3.05, 3.63) is 0 Å². The highest BCUT2D eigenvalue weighted by Gasteiger charge is 2.28.